The minimum Gasteiger partial charge on any atom is -0.464 e. The molecule has 0 radical (unpaired) electrons. The number of esters is 1. The van der Waals surface area contributed by atoms with Crippen molar-refractivity contribution in [3.05, 3.63) is 57.7 Å². The summed E-state index contributed by atoms with van der Waals surface area (Å²) < 4.78 is 5.23. The van der Waals surface area contributed by atoms with Gasteiger partial charge in [0.15, 0.2) is 11.6 Å². The average Bonchev–Trinajstić information content (AvgIpc) is 2.99. The largest absolute Gasteiger partial charge is 0.464 e. The summed E-state index contributed by atoms with van der Waals surface area (Å²) in [7, 11) is 0. The van der Waals surface area contributed by atoms with E-state index in [2.05, 4.69) is 5.32 Å². The molecule has 4 rings (SSSR count). The van der Waals surface area contributed by atoms with Crippen LogP contribution in [-0.2, 0) is 49.6 Å². The van der Waals surface area contributed by atoms with Crippen LogP contribution in [0.25, 0.3) is 0 Å². The highest BCUT2D eigenvalue weighted by Gasteiger charge is 2.46. The molecule has 144 valence electrons. The number of hydrogen-bond acceptors (Lipinski definition) is 5. The third-order valence-corrected chi connectivity index (χ3v) is 5.67. The number of amides is 1. The van der Waals surface area contributed by atoms with Gasteiger partial charge >= 0.3 is 5.97 Å². The molecule has 28 heavy (non-hydrogen) atoms. The van der Waals surface area contributed by atoms with Crippen LogP contribution in [0.4, 0.5) is 0 Å². The van der Waals surface area contributed by atoms with E-state index in [0.717, 1.165) is 22.3 Å². The first-order chi connectivity index (χ1) is 13.3. The van der Waals surface area contributed by atoms with Crippen molar-refractivity contribution in [3.63, 3.8) is 0 Å². The van der Waals surface area contributed by atoms with E-state index in [1.807, 2.05) is 12.1 Å². The fourth-order valence-corrected chi connectivity index (χ4v) is 4.47. The first-order valence-corrected chi connectivity index (χ1v) is 9.41. The minimum absolute atomic E-state index is 0.111. The lowest BCUT2D eigenvalue weighted by Gasteiger charge is -2.27. The van der Waals surface area contributed by atoms with E-state index in [1.54, 1.807) is 6.92 Å². The predicted molar refractivity (Wildman–Crippen MR) is 101 cm³/mol. The van der Waals surface area contributed by atoms with Gasteiger partial charge in [0.1, 0.15) is 5.54 Å². The van der Waals surface area contributed by atoms with E-state index in [9.17, 15) is 19.2 Å². The molecular formula is C22H21NO5. The van der Waals surface area contributed by atoms with E-state index in [0.29, 0.717) is 36.8 Å². The van der Waals surface area contributed by atoms with E-state index in [1.165, 1.54) is 19.1 Å². The molecule has 0 aromatic heterocycles. The molecular weight excluding hydrogens is 358 g/mol. The molecule has 0 atom stereocenters. The van der Waals surface area contributed by atoms with Gasteiger partial charge in [-0.25, -0.2) is 4.79 Å². The summed E-state index contributed by atoms with van der Waals surface area (Å²) in [4.78, 5) is 48.8. The normalized spacial score (nSPS) is 19.1. The van der Waals surface area contributed by atoms with Crippen molar-refractivity contribution < 1.29 is 23.9 Å². The Morgan fingerprint density at radius 1 is 0.964 bits per heavy atom. The molecule has 6 nitrogen and oxygen atoms in total. The second-order valence-electron chi connectivity index (χ2n) is 7.60. The Bertz CT molecular complexity index is 939. The SMILES string of the molecule is CCOC(=O)C1(NC(C)=O)Cc2cc3c(cc2C1)CC1=C(C3)C(=O)C=CC1=O. The first-order valence-electron chi connectivity index (χ1n) is 9.41. The molecule has 0 unspecified atom stereocenters. The number of rotatable bonds is 3. The molecule has 0 aliphatic heterocycles. The Morgan fingerprint density at radius 3 is 1.89 bits per heavy atom. The lowest BCUT2D eigenvalue weighted by atomic mass is 9.79. The number of ether oxygens (including phenoxy) is 1. The molecule has 1 amide bonds. The molecule has 3 aliphatic carbocycles. The van der Waals surface area contributed by atoms with Crippen molar-refractivity contribution in [1.82, 2.24) is 5.32 Å². The van der Waals surface area contributed by atoms with Gasteiger partial charge in [-0.2, -0.15) is 0 Å². The molecule has 6 heteroatoms. The van der Waals surface area contributed by atoms with Gasteiger partial charge in [0.25, 0.3) is 0 Å². The number of fused-ring (bicyclic) bond motifs is 2. The number of nitrogens with one attached hydrogen (secondary N) is 1. The Kier molecular flexibility index (Phi) is 4.29. The van der Waals surface area contributed by atoms with Gasteiger partial charge < -0.3 is 10.1 Å². The molecule has 0 saturated carbocycles. The fraction of sp³-hybridized carbons (Fsp3) is 0.364. The van der Waals surface area contributed by atoms with Gasteiger partial charge in [0.05, 0.1) is 6.61 Å². The van der Waals surface area contributed by atoms with Gasteiger partial charge in [-0.3, -0.25) is 14.4 Å². The highest BCUT2D eigenvalue weighted by atomic mass is 16.5. The van der Waals surface area contributed by atoms with E-state index in [-0.39, 0.29) is 24.1 Å². The maximum Gasteiger partial charge on any atom is 0.332 e. The summed E-state index contributed by atoms with van der Waals surface area (Å²) >= 11 is 0. The zero-order valence-corrected chi connectivity index (χ0v) is 15.9. The molecule has 0 saturated heterocycles. The van der Waals surface area contributed by atoms with Crippen LogP contribution in [-0.4, -0.2) is 35.6 Å². The summed E-state index contributed by atoms with van der Waals surface area (Å²) in [5.74, 6) is -0.948. The quantitative estimate of drug-likeness (QED) is 0.632. The number of carbonyl (C=O) groups excluding carboxylic acids is 4. The molecule has 1 aromatic rings. The van der Waals surface area contributed by atoms with Crippen LogP contribution >= 0.6 is 0 Å². The zero-order valence-electron chi connectivity index (χ0n) is 15.9. The van der Waals surface area contributed by atoms with Crippen LogP contribution < -0.4 is 5.32 Å². The monoisotopic (exact) mass is 379 g/mol. The molecule has 0 heterocycles. The van der Waals surface area contributed by atoms with Crippen molar-refractivity contribution in [1.29, 1.82) is 0 Å². The van der Waals surface area contributed by atoms with Crippen LogP contribution in [0.3, 0.4) is 0 Å². The first kappa shape index (κ1) is 18.3. The average molecular weight is 379 g/mol. The van der Waals surface area contributed by atoms with Crippen molar-refractivity contribution >= 4 is 23.4 Å². The maximum atomic E-state index is 12.6. The van der Waals surface area contributed by atoms with Gasteiger partial charge in [0, 0.05) is 43.8 Å². The number of allylic oxidation sites excluding steroid dienone is 4. The minimum atomic E-state index is -1.10. The Morgan fingerprint density at radius 2 is 1.46 bits per heavy atom. The van der Waals surface area contributed by atoms with Crippen molar-refractivity contribution in [2.45, 2.75) is 45.1 Å². The van der Waals surface area contributed by atoms with Crippen LogP contribution in [0.15, 0.2) is 35.4 Å². The Hall–Kier alpha value is -3.02. The summed E-state index contributed by atoms with van der Waals surface area (Å²) in [6.45, 7) is 3.36. The van der Waals surface area contributed by atoms with Crippen LogP contribution in [0, 0.1) is 0 Å². The van der Waals surface area contributed by atoms with E-state index >= 15 is 0 Å². The van der Waals surface area contributed by atoms with Gasteiger partial charge in [-0.05, 0) is 41.3 Å². The second kappa shape index (κ2) is 6.55. The fourth-order valence-electron chi connectivity index (χ4n) is 4.47. The molecule has 3 aliphatic rings. The van der Waals surface area contributed by atoms with Crippen LogP contribution in [0.2, 0.25) is 0 Å². The maximum absolute atomic E-state index is 12.6. The van der Waals surface area contributed by atoms with Gasteiger partial charge in [-0.1, -0.05) is 12.1 Å². The summed E-state index contributed by atoms with van der Waals surface area (Å²) in [5.41, 5.74) is 3.96. The van der Waals surface area contributed by atoms with E-state index < -0.39 is 11.5 Å². The van der Waals surface area contributed by atoms with Crippen molar-refractivity contribution in [2.75, 3.05) is 6.61 Å². The lowest BCUT2D eigenvalue weighted by molar-refractivity contribution is -0.152. The number of carbonyl (C=O) groups is 4. The molecule has 0 fully saturated rings. The topological polar surface area (TPSA) is 89.5 Å². The third-order valence-electron chi connectivity index (χ3n) is 5.67. The summed E-state index contributed by atoms with van der Waals surface area (Å²) in [6.07, 6.45) is 4.21. The highest BCUT2D eigenvalue weighted by molar-refractivity contribution is 6.20. The predicted octanol–water partition coefficient (Wildman–Crippen LogP) is 1.33. The molecule has 1 aromatic carbocycles. The zero-order chi connectivity index (χ0) is 20.1. The number of ketones is 2. The lowest BCUT2D eigenvalue weighted by Crippen LogP contribution is -2.55. The highest BCUT2D eigenvalue weighted by Crippen LogP contribution is 2.37. The molecule has 1 N–H and O–H groups in total. The Labute approximate surface area is 162 Å². The van der Waals surface area contributed by atoms with Gasteiger partial charge in [0.2, 0.25) is 5.91 Å². The third kappa shape index (κ3) is 2.89. The standard InChI is InChI=1S/C22H21NO5/c1-3-28-21(27)22(23-12(2)24)10-15-6-13-8-17-18(20(26)5-4-19(17)25)9-14(13)7-16(15)11-22/h4-7H,3,8-11H2,1-2H3,(H,23,24). The number of benzene rings is 1. The Balaban J connectivity index is 1.69. The number of hydrogen-bond donors (Lipinski definition) is 1. The smallest absolute Gasteiger partial charge is 0.332 e. The summed E-state index contributed by atoms with van der Waals surface area (Å²) in [5, 5.41) is 2.80. The summed E-state index contributed by atoms with van der Waals surface area (Å²) in [6, 6.07) is 4.01. The second-order valence-corrected chi connectivity index (χ2v) is 7.60. The molecule has 0 spiro atoms. The van der Waals surface area contributed by atoms with Crippen LogP contribution in [0.1, 0.15) is 36.1 Å². The van der Waals surface area contributed by atoms with Crippen molar-refractivity contribution in [2.24, 2.45) is 0 Å². The van der Waals surface area contributed by atoms with Crippen molar-refractivity contribution in [3.8, 4) is 0 Å². The van der Waals surface area contributed by atoms with E-state index in [4.69, 9.17) is 4.74 Å². The molecule has 0 bridgehead atoms. The van der Waals surface area contributed by atoms with Gasteiger partial charge in [-0.15, -0.1) is 0 Å². The van der Waals surface area contributed by atoms with Crippen LogP contribution in [0.5, 0.6) is 0 Å².